The molecule has 1 N–H and O–H groups in total. The van der Waals surface area contributed by atoms with Crippen LogP contribution in [0.3, 0.4) is 0 Å². The standard InChI is InChI=1S/C34H41F3N4O5/c1-4-9-26-23(10-8-18-41(26)30(43)28-25(34(35,36)37)12-7-17-39-28)29(42)40-19-14-33(22-38,15-20-40)24-11-5-6-13-27(24)46-21-16-32(2,3)31(44)45/h5-7,11-13,17,23,26H,4,8-10,14-16,18-21H2,1-3H3,(H,44,45). The lowest BCUT2D eigenvalue weighted by Gasteiger charge is -2.44. The topological polar surface area (TPSA) is 124 Å². The van der Waals surface area contributed by atoms with E-state index in [1.54, 1.807) is 30.9 Å². The van der Waals surface area contributed by atoms with Crippen molar-refractivity contribution in [2.24, 2.45) is 11.3 Å². The molecule has 4 rings (SSSR count). The number of nitrogens with zero attached hydrogens (tertiary/aromatic N) is 4. The fraction of sp³-hybridized carbons (Fsp3) is 0.559. The minimum Gasteiger partial charge on any atom is -0.493 e. The molecular weight excluding hydrogens is 601 g/mol. The Hall–Kier alpha value is -4.14. The molecule has 46 heavy (non-hydrogen) atoms. The first-order chi connectivity index (χ1) is 21.8. The second-order valence-corrected chi connectivity index (χ2v) is 12.8. The van der Waals surface area contributed by atoms with E-state index in [1.807, 2.05) is 19.1 Å². The van der Waals surface area contributed by atoms with E-state index in [0.29, 0.717) is 49.8 Å². The van der Waals surface area contributed by atoms with Gasteiger partial charge in [-0.2, -0.15) is 18.4 Å². The Morgan fingerprint density at radius 1 is 1.11 bits per heavy atom. The van der Waals surface area contributed by atoms with Gasteiger partial charge in [0.15, 0.2) is 0 Å². The number of rotatable bonds is 10. The van der Waals surface area contributed by atoms with Crippen LogP contribution < -0.4 is 4.74 Å². The highest BCUT2D eigenvalue weighted by Crippen LogP contribution is 2.41. The maximum Gasteiger partial charge on any atom is 0.418 e. The quantitative estimate of drug-likeness (QED) is 0.333. The molecule has 0 radical (unpaired) electrons. The molecule has 2 fully saturated rings. The molecule has 0 spiro atoms. The number of carbonyl (C=O) groups is 3. The van der Waals surface area contributed by atoms with Crippen LogP contribution in [-0.4, -0.2) is 70.0 Å². The van der Waals surface area contributed by atoms with Crippen molar-refractivity contribution in [3.63, 3.8) is 0 Å². The summed E-state index contributed by atoms with van der Waals surface area (Å²) in [7, 11) is 0. The van der Waals surface area contributed by atoms with Crippen LogP contribution in [0.1, 0.15) is 87.3 Å². The molecule has 2 amide bonds. The summed E-state index contributed by atoms with van der Waals surface area (Å²) in [5, 5.41) is 19.8. The summed E-state index contributed by atoms with van der Waals surface area (Å²) in [5.74, 6) is -2.00. The normalized spacial score (nSPS) is 20.1. The minimum absolute atomic E-state index is 0.154. The van der Waals surface area contributed by atoms with Crippen molar-refractivity contribution >= 4 is 17.8 Å². The zero-order valence-corrected chi connectivity index (χ0v) is 26.5. The van der Waals surface area contributed by atoms with E-state index in [-0.39, 0.29) is 38.6 Å². The average Bonchev–Trinajstić information content (AvgIpc) is 3.04. The summed E-state index contributed by atoms with van der Waals surface area (Å²) in [6.07, 6.45) is -0.569. The average molecular weight is 643 g/mol. The number of pyridine rings is 1. The van der Waals surface area contributed by atoms with Gasteiger partial charge in [0.1, 0.15) is 11.4 Å². The van der Waals surface area contributed by atoms with Gasteiger partial charge in [-0.25, -0.2) is 0 Å². The van der Waals surface area contributed by atoms with Crippen molar-refractivity contribution in [2.45, 2.75) is 83.4 Å². The van der Waals surface area contributed by atoms with Crippen LogP contribution in [0.15, 0.2) is 42.6 Å². The van der Waals surface area contributed by atoms with Crippen LogP contribution >= 0.6 is 0 Å². The summed E-state index contributed by atoms with van der Waals surface area (Å²) in [6.45, 7) is 6.12. The van der Waals surface area contributed by atoms with Gasteiger partial charge in [0.05, 0.1) is 35.0 Å². The van der Waals surface area contributed by atoms with Crippen molar-refractivity contribution in [3.05, 3.63) is 59.4 Å². The summed E-state index contributed by atoms with van der Waals surface area (Å²) in [6, 6.07) is 11.1. The predicted octanol–water partition coefficient (Wildman–Crippen LogP) is 6.08. The van der Waals surface area contributed by atoms with E-state index in [2.05, 4.69) is 11.1 Å². The highest BCUT2D eigenvalue weighted by atomic mass is 19.4. The number of hydrogen-bond acceptors (Lipinski definition) is 6. The molecule has 2 unspecified atom stereocenters. The molecule has 2 atom stereocenters. The monoisotopic (exact) mass is 642 g/mol. The molecule has 0 saturated carbocycles. The first-order valence-electron chi connectivity index (χ1n) is 15.7. The van der Waals surface area contributed by atoms with E-state index in [1.165, 1.54) is 11.1 Å². The highest BCUT2D eigenvalue weighted by molar-refractivity contribution is 5.95. The van der Waals surface area contributed by atoms with E-state index < -0.39 is 52.1 Å². The summed E-state index contributed by atoms with van der Waals surface area (Å²) < 4.78 is 47.2. The van der Waals surface area contributed by atoms with E-state index in [4.69, 9.17) is 4.74 Å². The van der Waals surface area contributed by atoms with Gasteiger partial charge in [0, 0.05) is 37.4 Å². The third-order valence-corrected chi connectivity index (χ3v) is 9.37. The van der Waals surface area contributed by atoms with E-state index >= 15 is 0 Å². The Kier molecular flexibility index (Phi) is 10.6. The second kappa shape index (κ2) is 14.1. The fourth-order valence-electron chi connectivity index (χ4n) is 6.49. The first kappa shape index (κ1) is 34.7. The molecule has 1 aromatic heterocycles. The van der Waals surface area contributed by atoms with Gasteiger partial charge in [0.2, 0.25) is 5.91 Å². The smallest absolute Gasteiger partial charge is 0.418 e. The van der Waals surface area contributed by atoms with Crippen LogP contribution in [0.5, 0.6) is 5.75 Å². The van der Waals surface area contributed by atoms with Crippen molar-refractivity contribution in [2.75, 3.05) is 26.2 Å². The molecule has 0 bridgehead atoms. The summed E-state index contributed by atoms with van der Waals surface area (Å²) in [4.78, 5) is 45.9. The van der Waals surface area contributed by atoms with Gasteiger partial charge in [-0.15, -0.1) is 0 Å². The molecule has 1 aromatic carbocycles. The number of likely N-dealkylation sites (tertiary alicyclic amines) is 2. The Labute approximate surface area is 267 Å². The van der Waals surface area contributed by atoms with Crippen LogP contribution in [0.4, 0.5) is 13.2 Å². The van der Waals surface area contributed by atoms with Crippen LogP contribution in [-0.2, 0) is 21.2 Å². The van der Waals surface area contributed by atoms with Gasteiger partial charge < -0.3 is 19.6 Å². The fourth-order valence-corrected chi connectivity index (χ4v) is 6.49. The zero-order valence-electron chi connectivity index (χ0n) is 26.5. The van der Waals surface area contributed by atoms with Gasteiger partial charge in [0.25, 0.3) is 5.91 Å². The van der Waals surface area contributed by atoms with Crippen molar-refractivity contribution in [3.8, 4) is 11.8 Å². The molecule has 2 saturated heterocycles. The van der Waals surface area contributed by atoms with Crippen LogP contribution in [0.25, 0.3) is 0 Å². The number of piperidine rings is 2. The summed E-state index contributed by atoms with van der Waals surface area (Å²) in [5.41, 5.74) is -2.97. The number of carboxylic acids is 1. The Bertz CT molecular complexity index is 1460. The number of nitriles is 1. The largest absolute Gasteiger partial charge is 0.493 e. The lowest BCUT2D eigenvalue weighted by Crippen LogP contribution is -2.55. The maximum atomic E-state index is 14.0. The van der Waals surface area contributed by atoms with Crippen LogP contribution in [0.2, 0.25) is 0 Å². The Balaban J connectivity index is 1.50. The number of aliphatic carboxylic acids is 1. The number of alkyl halides is 3. The number of carboxylic acid groups (broad SMARTS) is 1. The molecule has 3 heterocycles. The first-order valence-corrected chi connectivity index (χ1v) is 15.7. The SMILES string of the molecule is CCCC1C(C(=O)N2CCC(C#N)(c3ccccc3OCCC(C)(C)C(=O)O)CC2)CCCN1C(=O)c1ncccc1C(F)(F)F. The van der Waals surface area contributed by atoms with Gasteiger partial charge in [-0.3, -0.25) is 19.4 Å². The van der Waals surface area contributed by atoms with Crippen molar-refractivity contribution < 1.29 is 37.4 Å². The molecule has 9 nitrogen and oxygen atoms in total. The third kappa shape index (κ3) is 7.29. The molecule has 2 aliphatic rings. The second-order valence-electron chi connectivity index (χ2n) is 12.8. The number of aromatic nitrogens is 1. The number of halogens is 3. The lowest BCUT2D eigenvalue weighted by atomic mass is 9.73. The predicted molar refractivity (Wildman–Crippen MR) is 163 cm³/mol. The van der Waals surface area contributed by atoms with E-state index in [0.717, 1.165) is 12.1 Å². The molecule has 0 aliphatic carbocycles. The maximum absolute atomic E-state index is 14.0. The number of para-hydroxylation sites is 1. The summed E-state index contributed by atoms with van der Waals surface area (Å²) >= 11 is 0. The van der Waals surface area contributed by atoms with Gasteiger partial charge in [-0.05, 0) is 70.6 Å². The Morgan fingerprint density at radius 3 is 2.43 bits per heavy atom. The van der Waals surface area contributed by atoms with Crippen LogP contribution in [0, 0.1) is 22.7 Å². The number of benzene rings is 1. The number of amides is 2. The van der Waals surface area contributed by atoms with Crippen molar-refractivity contribution in [1.29, 1.82) is 5.26 Å². The molecule has 2 aromatic rings. The van der Waals surface area contributed by atoms with Gasteiger partial charge in [-0.1, -0.05) is 31.5 Å². The number of ether oxygens (including phenoxy) is 1. The number of carbonyl (C=O) groups excluding carboxylic acids is 2. The van der Waals surface area contributed by atoms with Gasteiger partial charge >= 0.3 is 12.1 Å². The third-order valence-electron chi connectivity index (χ3n) is 9.37. The Morgan fingerprint density at radius 2 is 1.80 bits per heavy atom. The lowest BCUT2D eigenvalue weighted by molar-refractivity contribution is -0.147. The minimum atomic E-state index is -4.75. The van der Waals surface area contributed by atoms with E-state index in [9.17, 15) is 37.9 Å². The molecule has 248 valence electrons. The van der Waals surface area contributed by atoms with Crippen molar-refractivity contribution in [1.82, 2.24) is 14.8 Å². The molecular formula is C34H41F3N4O5. The molecule has 2 aliphatic heterocycles. The molecule has 12 heteroatoms. The highest BCUT2D eigenvalue weighted by Gasteiger charge is 2.45. The number of hydrogen-bond donors (Lipinski definition) is 1. The zero-order chi connectivity index (χ0) is 33.7.